The smallest absolute Gasteiger partial charge is 0.231 e. The van der Waals surface area contributed by atoms with Crippen LogP contribution in [0.15, 0.2) is 28.8 Å². The van der Waals surface area contributed by atoms with E-state index in [0.717, 1.165) is 31.0 Å². The lowest BCUT2D eigenvalue weighted by molar-refractivity contribution is 0.322. The maximum absolute atomic E-state index is 5.39. The molecule has 1 fully saturated rings. The number of hydrogen-bond acceptors (Lipinski definition) is 4. The molecule has 1 N–H and O–H groups in total. The molecule has 0 unspecified atom stereocenters. The summed E-state index contributed by atoms with van der Waals surface area (Å²) in [5.74, 6) is 1.82. The Hall–Kier alpha value is -1.68. The number of benzene rings is 1. The average Bonchev–Trinajstić information content (AvgIpc) is 2.90. The number of rotatable bonds is 2. The Morgan fingerprint density at radius 1 is 1.28 bits per heavy atom. The van der Waals surface area contributed by atoms with Gasteiger partial charge in [0.25, 0.3) is 0 Å². The zero-order chi connectivity index (χ0) is 12.4. The fourth-order valence-electron chi connectivity index (χ4n) is 2.28. The fourth-order valence-corrected chi connectivity index (χ4v) is 2.28. The Bertz CT molecular complexity index is 512. The van der Waals surface area contributed by atoms with E-state index >= 15 is 0 Å². The summed E-state index contributed by atoms with van der Waals surface area (Å²) < 4.78 is 5.39. The minimum Gasteiger partial charge on any atom is -0.339 e. The van der Waals surface area contributed by atoms with Crippen molar-refractivity contribution < 1.29 is 4.52 Å². The molecule has 0 aliphatic carbocycles. The van der Waals surface area contributed by atoms with Crippen molar-refractivity contribution in [2.45, 2.75) is 25.7 Å². The fraction of sp³-hybridized carbons (Fsp3) is 0.429. The van der Waals surface area contributed by atoms with Gasteiger partial charge in [-0.2, -0.15) is 4.98 Å². The van der Waals surface area contributed by atoms with Crippen LogP contribution in [-0.2, 0) is 0 Å². The van der Waals surface area contributed by atoms with Crippen LogP contribution < -0.4 is 5.32 Å². The van der Waals surface area contributed by atoms with E-state index in [-0.39, 0.29) is 0 Å². The van der Waals surface area contributed by atoms with Crippen LogP contribution in [0.2, 0.25) is 0 Å². The molecule has 1 aromatic heterocycles. The largest absolute Gasteiger partial charge is 0.339 e. The lowest BCUT2D eigenvalue weighted by Crippen LogP contribution is -2.28. The van der Waals surface area contributed by atoms with Crippen molar-refractivity contribution >= 4 is 0 Å². The predicted octanol–water partition coefficient (Wildman–Crippen LogP) is 2.51. The minimum atomic E-state index is 0.366. The number of nitrogens with one attached hydrogen (secondary N) is 1. The summed E-state index contributed by atoms with van der Waals surface area (Å²) in [6.07, 6.45) is 2.30. The standard InChI is InChI=1S/C14H17N3O/c1-10-4-6-11(7-5-10)13-16-14(18-17-13)12-3-2-8-15-9-12/h4-7,12,15H,2-3,8-9H2,1H3/t12-/m0/s1. The normalized spacial score (nSPS) is 19.9. The summed E-state index contributed by atoms with van der Waals surface area (Å²) in [5.41, 5.74) is 2.25. The van der Waals surface area contributed by atoms with E-state index in [4.69, 9.17) is 4.52 Å². The summed E-state index contributed by atoms with van der Waals surface area (Å²) in [7, 11) is 0. The Morgan fingerprint density at radius 2 is 2.11 bits per heavy atom. The first kappa shape index (κ1) is 11.4. The number of nitrogens with zero attached hydrogens (tertiary/aromatic N) is 2. The molecule has 3 rings (SSSR count). The molecule has 0 bridgehead atoms. The third-order valence-electron chi connectivity index (χ3n) is 3.40. The molecule has 0 saturated carbocycles. The van der Waals surface area contributed by atoms with E-state index in [9.17, 15) is 0 Å². The molecule has 4 nitrogen and oxygen atoms in total. The molecule has 1 atom stereocenters. The van der Waals surface area contributed by atoms with Crippen LogP contribution in [0.5, 0.6) is 0 Å². The van der Waals surface area contributed by atoms with Gasteiger partial charge in [0.2, 0.25) is 11.7 Å². The zero-order valence-electron chi connectivity index (χ0n) is 10.5. The molecule has 18 heavy (non-hydrogen) atoms. The maximum atomic E-state index is 5.39. The Balaban J connectivity index is 1.82. The average molecular weight is 243 g/mol. The van der Waals surface area contributed by atoms with Crippen molar-refractivity contribution in [1.29, 1.82) is 0 Å². The molecule has 1 saturated heterocycles. The van der Waals surface area contributed by atoms with Crippen molar-refractivity contribution in [3.63, 3.8) is 0 Å². The van der Waals surface area contributed by atoms with Gasteiger partial charge in [0.1, 0.15) is 0 Å². The Kier molecular flexibility index (Phi) is 3.11. The zero-order valence-corrected chi connectivity index (χ0v) is 10.5. The second-order valence-electron chi connectivity index (χ2n) is 4.87. The third-order valence-corrected chi connectivity index (χ3v) is 3.40. The van der Waals surface area contributed by atoms with Gasteiger partial charge < -0.3 is 9.84 Å². The highest BCUT2D eigenvalue weighted by Gasteiger charge is 2.21. The quantitative estimate of drug-likeness (QED) is 0.880. The number of aryl methyl sites for hydroxylation is 1. The van der Waals surface area contributed by atoms with Crippen LogP contribution in [0.1, 0.15) is 30.2 Å². The van der Waals surface area contributed by atoms with Crippen molar-refractivity contribution in [2.75, 3.05) is 13.1 Å². The maximum Gasteiger partial charge on any atom is 0.231 e. The van der Waals surface area contributed by atoms with Crippen molar-refractivity contribution in [3.05, 3.63) is 35.7 Å². The summed E-state index contributed by atoms with van der Waals surface area (Å²) in [6, 6.07) is 8.19. The molecular formula is C14H17N3O. The van der Waals surface area contributed by atoms with Crippen LogP contribution in [0, 0.1) is 6.92 Å². The highest BCUT2D eigenvalue weighted by Crippen LogP contribution is 2.24. The van der Waals surface area contributed by atoms with E-state index in [1.54, 1.807) is 0 Å². The van der Waals surface area contributed by atoms with E-state index in [2.05, 4.69) is 34.5 Å². The van der Waals surface area contributed by atoms with Crippen LogP contribution in [0.4, 0.5) is 0 Å². The minimum absolute atomic E-state index is 0.366. The van der Waals surface area contributed by atoms with E-state index in [0.29, 0.717) is 11.7 Å². The van der Waals surface area contributed by atoms with Crippen LogP contribution in [-0.4, -0.2) is 23.2 Å². The third kappa shape index (κ3) is 2.29. The van der Waals surface area contributed by atoms with Gasteiger partial charge in [-0.3, -0.25) is 0 Å². The van der Waals surface area contributed by atoms with Gasteiger partial charge >= 0.3 is 0 Å². The van der Waals surface area contributed by atoms with Gasteiger partial charge in [-0.05, 0) is 26.3 Å². The van der Waals surface area contributed by atoms with Crippen molar-refractivity contribution in [3.8, 4) is 11.4 Å². The second kappa shape index (κ2) is 4.90. The molecule has 4 heteroatoms. The monoisotopic (exact) mass is 243 g/mol. The topological polar surface area (TPSA) is 51.0 Å². The summed E-state index contributed by atoms with van der Waals surface area (Å²) in [5, 5.41) is 7.44. The van der Waals surface area contributed by atoms with Gasteiger partial charge in [0, 0.05) is 12.1 Å². The van der Waals surface area contributed by atoms with Crippen molar-refractivity contribution in [2.24, 2.45) is 0 Å². The summed E-state index contributed by atoms with van der Waals surface area (Å²) in [4.78, 5) is 4.52. The van der Waals surface area contributed by atoms with E-state index in [1.165, 1.54) is 12.0 Å². The van der Waals surface area contributed by atoms with E-state index < -0.39 is 0 Å². The van der Waals surface area contributed by atoms with Gasteiger partial charge in [-0.15, -0.1) is 0 Å². The molecule has 1 aliphatic rings. The highest BCUT2D eigenvalue weighted by atomic mass is 16.5. The second-order valence-corrected chi connectivity index (χ2v) is 4.87. The number of aromatic nitrogens is 2. The molecule has 0 spiro atoms. The molecule has 1 aromatic carbocycles. The molecule has 94 valence electrons. The van der Waals surface area contributed by atoms with Crippen LogP contribution >= 0.6 is 0 Å². The number of piperidine rings is 1. The summed E-state index contributed by atoms with van der Waals surface area (Å²) in [6.45, 7) is 4.10. The van der Waals surface area contributed by atoms with Gasteiger partial charge in [0.05, 0.1) is 5.92 Å². The molecule has 2 aromatic rings. The summed E-state index contributed by atoms with van der Waals surface area (Å²) >= 11 is 0. The molecule has 0 amide bonds. The first-order valence-corrected chi connectivity index (χ1v) is 6.44. The molecule has 2 heterocycles. The Labute approximate surface area is 106 Å². The number of hydrogen-bond donors (Lipinski definition) is 1. The SMILES string of the molecule is Cc1ccc(-c2noc([C@H]3CCCNC3)n2)cc1. The lowest BCUT2D eigenvalue weighted by atomic mass is 10.00. The molecule has 1 aliphatic heterocycles. The highest BCUT2D eigenvalue weighted by molar-refractivity contribution is 5.54. The predicted molar refractivity (Wildman–Crippen MR) is 69.3 cm³/mol. The van der Waals surface area contributed by atoms with Crippen LogP contribution in [0.3, 0.4) is 0 Å². The first-order chi connectivity index (χ1) is 8.83. The van der Waals surface area contributed by atoms with Gasteiger partial charge in [0.15, 0.2) is 0 Å². The molecular weight excluding hydrogens is 226 g/mol. The van der Waals surface area contributed by atoms with Gasteiger partial charge in [-0.25, -0.2) is 0 Å². The van der Waals surface area contributed by atoms with Crippen molar-refractivity contribution in [1.82, 2.24) is 15.5 Å². The first-order valence-electron chi connectivity index (χ1n) is 6.44. The van der Waals surface area contributed by atoms with Gasteiger partial charge in [-0.1, -0.05) is 35.0 Å². The van der Waals surface area contributed by atoms with E-state index in [1.807, 2.05) is 12.1 Å². The Morgan fingerprint density at radius 3 is 2.83 bits per heavy atom. The lowest BCUT2D eigenvalue weighted by Gasteiger charge is -2.18. The molecule has 0 radical (unpaired) electrons. The van der Waals surface area contributed by atoms with Crippen LogP contribution in [0.25, 0.3) is 11.4 Å².